The lowest BCUT2D eigenvalue weighted by Gasteiger charge is -2.17. The number of likely N-dealkylation sites (N-methyl/N-ethyl adjacent to an activating group) is 1. The van der Waals surface area contributed by atoms with Crippen molar-refractivity contribution in [1.29, 1.82) is 0 Å². The number of rotatable bonds is 8. The zero-order valence-electron chi connectivity index (χ0n) is 13.5. The molecule has 0 aliphatic carbocycles. The van der Waals surface area contributed by atoms with E-state index >= 15 is 0 Å². The highest BCUT2D eigenvalue weighted by Crippen LogP contribution is 2.25. The van der Waals surface area contributed by atoms with Crippen LogP contribution in [0.3, 0.4) is 0 Å². The van der Waals surface area contributed by atoms with Gasteiger partial charge in [0.1, 0.15) is 0 Å². The van der Waals surface area contributed by atoms with Crippen molar-refractivity contribution in [2.45, 2.75) is 40.3 Å². The van der Waals surface area contributed by atoms with Gasteiger partial charge in [-0.15, -0.1) is 11.3 Å². The first-order chi connectivity index (χ1) is 10.1. The number of aromatic nitrogens is 2. The van der Waals surface area contributed by atoms with Crippen LogP contribution < -0.4 is 5.32 Å². The van der Waals surface area contributed by atoms with Crippen LogP contribution >= 0.6 is 11.3 Å². The van der Waals surface area contributed by atoms with Crippen LogP contribution in [0.15, 0.2) is 24.5 Å². The Hall–Kier alpha value is -1.33. The van der Waals surface area contributed by atoms with Crippen molar-refractivity contribution in [3.63, 3.8) is 0 Å². The summed E-state index contributed by atoms with van der Waals surface area (Å²) < 4.78 is 2.02. The molecular formula is C16H26N4S. The quantitative estimate of drug-likeness (QED) is 0.806. The summed E-state index contributed by atoms with van der Waals surface area (Å²) >= 11 is 1.85. The molecule has 0 fully saturated rings. The van der Waals surface area contributed by atoms with E-state index in [0.717, 1.165) is 31.9 Å². The molecule has 0 bridgehead atoms. The summed E-state index contributed by atoms with van der Waals surface area (Å²) in [5.41, 5.74) is 1.09. The number of thiophene rings is 1. The minimum atomic E-state index is 0.323. The number of aryl methyl sites for hydroxylation is 1. The molecule has 2 aromatic heterocycles. The molecule has 0 radical (unpaired) electrons. The van der Waals surface area contributed by atoms with E-state index in [2.05, 4.69) is 61.3 Å². The van der Waals surface area contributed by atoms with Gasteiger partial charge in [0.05, 0.1) is 24.5 Å². The van der Waals surface area contributed by atoms with Crippen molar-refractivity contribution in [1.82, 2.24) is 14.7 Å². The second kappa shape index (κ2) is 7.61. The molecule has 2 rings (SSSR count). The Bertz CT molecular complexity index is 542. The first-order valence-electron chi connectivity index (χ1n) is 7.70. The third kappa shape index (κ3) is 4.58. The number of nitrogens with one attached hydrogen (secondary N) is 1. The minimum Gasteiger partial charge on any atom is -0.375 e. The van der Waals surface area contributed by atoms with Crippen LogP contribution in [-0.2, 0) is 6.54 Å². The molecular weight excluding hydrogens is 280 g/mol. The average molecular weight is 306 g/mol. The summed E-state index contributed by atoms with van der Waals surface area (Å²) in [5, 5.41) is 7.96. The largest absolute Gasteiger partial charge is 0.375 e. The maximum absolute atomic E-state index is 4.44. The molecule has 0 saturated carbocycles. The second-order valence-corrected chi connectivity index (χ2v) is 6.65. The number of anilines is 1. The summed E-state index contributed by atoms with van der Waals surface area (Å²) in [6, 6.07) is 4.69. The molecule has 0 spiro atoms. The van der Waals surface area contributed by atoms with E-state index in [1.54, 1.807) is 0 Å². The molecule has 0 aromatic carbocycles. The van der Waals surface area contributed by atoms with Gasteiger partial charge in [-0.1, -0.05) is 13.8 Å². The lowest BCUT2D eigenvalue weighted by atomic mass is 10.2. The molecule has 2 heterocycles. The van der Waals surface area contributed by atoms with Crippen LogP contribution in [0.25, 0.3) is 0 Å². The molecule has 1 unspecified atom stereocenters. The van der Waals surface area contributed by atoms with Crippen LogP contribution in [-0.4, -0.2) is 34.3 Å². The molecule has 1 N–H and O–H groups in total. The molecule has 2 aromatic rings. The fraction of sp³-hybridized carbons (Fsp3) is 0.562. The number of nitrogens with zero attached hydrogens (tertiary/aromatic N) is 3. The third-order valence-corrected chi connectivity index (χ3v) is 4.93. The lowest BCUT2D eigenvalue weighted by molar-refractivity contribution is 0.285. The zero-order chi connectivity index (χ0) is 15.2. The van der Waals surface area contributed by atoms with Crippen molar-refractivity contribution in [3.8, 4) is 0 Å². The minimum absolute atomic E-state index is 0.323. The van der Waals surface area contributed by atoms with Gasteiger partial charge < -0.3 is 10.2 Å². The molecule has 5 heteroatoms. The maximum Gasteiger partial charge on any atom is 0.0731 e. The van der Waals surface area contributed by atoms with Crippen molar-refractivity contribution in [3.05, 3.63) is 34.3 Å². The molecule has 1 atom stereocenters. The van der Waals surface area contributed by atoms with E-state index < -0.39 is 0 Å². The average Bonchev–Trinajstić information content (AvgIpc) is 3.09. The van der Waals surface area contributed by atoms with Gasteiger partial charge in [-0.05, 0) is 39.1 Å². The summed E-state index contributed by atoms with van der Waals surface area (Å²) in [4.78, 5) is 5.13. The number of hydrogen-bond donors (Lipinski definition) is 1. The van der Waals surface area contributed by atoms with Gasteiger partial charge in [-0.2, -0.15) is 5.10 Å². The van der Waals surface area contributed by atoms with Crippen LogP contribution in [0, 0.1) is 6.92 Å². The fourth-order valence-corrected chi connectivity index (χ4v) is 3.23. The van der Waals surface area contributed by atoms with Gasteiger partial charge in [0.2, 0.25) is 0 Å². The smallest absolute Gasteiger partial charge is 0.0731 e. The van der Waals surface area contributed by atoms with Crippen LogP contribution in [0.1, 0.15) is 36.6 Å². The summed E-state index contributed by atoms with van der Waals surface area (Å²) in [7, 11) is 0. The number of hydrogen-bond acceptors (Lipinski definition) is 4. The van der Waals surface area contributed by atoms with Crippen molar-refractivity contribution >= 4 is 17.0 Å². The highest BCUT2D eigenvalue weighted by Gasteiger charge is 2.09. The predicted octanol–water partition coefficient (Wildman–Crippen LogP) is 3.77. The first kappa shape index (κ1) is 16.0. The summed E-state index contributed by atoms with van der Waals surface area (Å²) in [6.45, 7) is 12.9. The molecule has 0 aliphatic heterocycles. The fourth-order valence-electron chi connectivity index (χ4n) is 2.35. The molecule has 0 aliphatic rings. The van der Waals surface area contributed by atoms with E-state index in [1.807, 2.05) is 22.2 Å². The van der Waals surface area contributed by atoms with Crippen LogP contribution in [0.4, 0.5) is 5.69 Å². The topological polar surface area (TPSA) is 33.1 Å². The van der Waals surface area contributed by atoms with Gasteiger partial charge >= 0.3 is 0 Å². The van der Waals surface area contributed by atoms with Crippen molar-refractivity contribution in [2.24, 2.45) is 0 Å². The van der Waals surface area contributed by atoms with E-state index in [-0.39, 0.29) is 0 Å². The Balaban J connectivity index is 1.88. The van der Waals surface area contributed by atoms with Crippen LogP contribution in [0.2, 0.25) is 0 Å². The SMILES string of the molecule is CCN(CC)CCn1cc(NC(C)c2ccc(C)s2)cn1. The normalized spacial score (nSPS) is 12.8. The van der Waals surface area contributed by atoms with Gasteiger partial charge in [0.15, 0.2) is 0 Å². The summed E-state index contributed by atoms with van der Waals surface area (Å²) in [5.74, 6) is 0. The lowest BCUT2D eigenvalue weighted by Crippen LogP contribution is -2.27. The highest BCUT2D eigenvalue weighted by molar-refractivity contribution is 7.12. The molecule has 21 heavy (non-hydrogen) atoms. The zero-order valence-corrected chi connectivity index (χ0v) is 14.3. The Labute approximate surface area is 131 Å². The first-order valence-corrected chi connectivity index (χ1v) is 8.51. The molecule has 0 saturated heterocycles. The van der Waals surface area contributed by atoms with Crippen LogP contribution in [0.5, 0.6) is 0 Å². The monoisotopic (exact) mass is 306 g/mol. The standard InChI is InChI=1S/C16H26N4S/c1-5-19(6-2)9-10-20-12-15(11-17-20)18-14(4)16-8-7-13(3)21-16/h7-8,11-12,14,18H,5-6,9-10H2,1-4H3. The Kier molecular flexibility index (Phi) is 5.82. The van der Waals surface area contributed by atoms with Gasteiger partial charge in [-0.3, -0.25) is 4.68 Å². The van der Waals surface area contributed by atoms with E-state index in [0.29, 0.717) is 6.04 Å². The Morgan fingerprint density at radius 2 is 2.10 bits per heavy atom. The van der Waals surface area contributed by atoms with Gasteiger partial charge in [0, 0.05) is 22.5 Å². The Morgan fingerprint density at radius 1 is 1.33 bits per heavy atom. The predicted molar refractivity (Wildman–Crippen MR) is 91.1 cm³/mol. The van der Waals surface area contributed by atoms with Crippen molar-refractivity contribution in [2.75, 3.05) is 25.0 Å². The maximum atomic E-state index is 4.44. The molecule has 116 valence electrons. The van der Waals surface area contributed by atoms with Gasteiger partial charge in [0.25, 0.3) is 0 Å². The van der Waals surface area contributed by atoms with E-state index in [1.165, 1.54) is 9.75 Å². The van der Waals surface area contributed by atoms with Crippen molar-refractivity contribution < 1.29 is 0 Å². The molecule has 4 nitrogen and oxygen atoms in total. The second-order valence-electron chi connectivity index (χ2n) is 5.33. The highest BCUT2D eigenvalue weighted by atomic mass is 32.1. The van der Waals surface area contributed by atoms with Gasteiger partial charge in [-0.25, -0.2) is 0 Å². The molecule has 0 amide bonds. The van der Waals surface area contributed by atoms with E-state index in [4.69, 9.17) is 0 Å². The summed E-state index contributed by atoms with van der Waals surface area (Å²) in [6.07, 6.45) is 4.01. The Morgan fingerprint density at radius 3 is 2.71 bits per heavy atom. The third-order valence-electron chi connectivity index (χ3n) is 3.74. The van der Waals surface area contributed by atoms with E-state index in [9.17, 15) is 0 Å².